The van der Waals surface area contributed by atoms with Crippen LogP contribution in [0.2, 0.25) is 0 Å². The van der Waals surface area contributed by atoms with Gasteiger partial charge in [-0.05, 0) is 30.9 Å². The van der Waals surface area contributed by atoms with Gasteiger partial charge in [-0.3, -0.25) is 0 Å². The van der Waals surface area contributed by atoms with Crippen LogP contribution in [0.15, 0.2) is 36.4 Å². The summed E-state index contributed by atoms with van der Waals surface area (Å²) in [6.45, 7) is 4.44. The lowest BCUT2D eigenvalue weighted by atomic mass is 10.1. The monoisotopic (exact) mass is 188 g/mol. The molecule has 0 fully saturated rings. The third-order valence-corrected chi connectivity index (χ3v) is 2.49. The summed E-state index contributed by atoms with van der Waals surface area (Å²) in [6, 6.07) is 10.6. The highest BCUT2D eigenvalue weighted by Gasteiger charge is 1.92. The van der Waals surface area contributed by atoms with Gasteiger partial charge in [0.25, 0.3) is 0 Å². The van der Waals surface area contributed by atoms with Crippen LogP contribution < -0.4 is 0 Å². The zero-order valence-corrected chi connectivity index (χ0v) is 9.29. The van der Waals surface area contributed by atoms with Gasteiger partial charge in [0.05, 0.1) is 0 Å². The molecule has 0 saturated carbocycles. The van der Waals surface area contributed by atoms with E-state index in [2.05, 4.69) is 50.3 Å². The van der Waals surface area contributed by atoms with E-state index in [9.17, 15) is 0 Å². The van der Waals surface area contributed by atoms with Crippen molar-refractivity contribution in [2.45, 2.75) is 39.5 Å². The van der Waals surface area contributed by atoms with Crippen LogP contribution in [0.25, 0.3) is 5.57 Å². The Morgan fingerprint density at radius 3 is 2.50 bits per heavy atom. The van der Waals surface area contributed by atoms with Crippen LogP contribution in [0, 0.1) is 0 Å². The van der Waals surface area contributed by atoms with Crippen LogP contribution in [0.4, 0.5) is 0 Å². The summed E-state index contributed by atoms with van der Waals surface area (Å²) in [6.07, 6.45) is 7.54. The van der Waals surface area contributed by atoms with Gasteiger partial charge in [0, 0.05) is 0 Å². The first kappa shape index (κ1) is 11.0. The van der Waals surface area contributed by atoms with Crippen molar-refractivity contribution in [2.24, 2.45) is 0 Å². The summed E-state index contributed by atoms with van der Waals surface area (Å²) in [5, 5.41) is 0. The molecule has 1 aromatic rings. The molecule has 0 N–H and O–H groups in total. The molecule has 0 spiro atoms. The topological polar surface area (TPSA) is 0 Å². The fourth-order valence-corrected chi connectivity index (χ4v) is 1.53. The van der Waals surface area contributed by atoms with E-state index < -0.39 is 0 Å². The number of unbranched alkanes of at least 4 members (excludes halogenated alkanes) is 3. The lowest BCUT2D eigenvalue weighted by Crippen LogP contribution is -1.79. The molecule has 0 amide bonds. The fourth-order valence-electron chi connectivity index (χ4n) is 1.53. The Kier molecular flexibility index (Phi) is 5.06. The molecule has 0 heterocycles. The molecule has 76 valence electrons. The molecule has 14 heavy (non-hydrogen) atoms. The molecule has 0 bridgehead atoms. The normalized spacial score (nSPS) is 11.7. The molecule has 1 rings (SSSR count). The maximum atomic E-state index is 2.35. The van der Waals surface area contributed by atoms with Crippen molar-refractivity contribution >= 4 is 5.57 Å². The van der Waals surface area contributed by atoms with Gasteiger partial charge in [0.1, 0.15) is 0 Å². The molecular weight excluding hydrogens is 168 g/mol. The maximum absolute atomic E-state index is 2.35. The Bertz CT molecular complexity index is 269. The van der Waals surface area contributed by atoms with Gasteiger partial charge in [0.2, 0.25) is 0 Å². The van der Waals surface area contributed by atoms with Gasteiger partial charge >= 0.3 is 0 Å². The highest BCUT2D eigenvalue weighted by molar-refractivity contribution is 5.63. The SMILES string of the molecule is CCCCC/C=C(/C)c1ccccc1. The second-order valence-electron chi connectivity index (χ2n) is 3.75. The minimum Gasteiger partial charge on any atom is -0.0810 e. The minimum absolute atomic E-state index is 1.22. The Morgan fingerprint density at radius 1 is 1.14 bits per heavy atom. The summed E-state index contributed by atoms with van der Waals surface area (Å²) >= 11 is 0. The number of allylic oxidation sites excluding steroid dienone is 2. The molecule has 0 heteroatoms. The average Bonchev–Trinajstić information content (AvgIpc) is 2.25. The standard InChI is InChI=1S/C14H20/c1-3-4-5-7-10-13(2)14-11-8-6-9-12-14/h6,8-12H,3-5,7H2,1-2H3/b13-10-. The van der Waals surface area contributed by atoms with E-state index in [0.29, 0.717) is 0 Å². The van der Waals surface area contributed by atoms with Crippen LogP contribution in [0.5, 0.6) is 0 Å². The molecule has 0 aliphatic rings. The van der Waals surface area contributed by atoms with E-state index >= 15 is 0 Å². The first-order valence-corrected chi connectivity index (χ1v) is 5.56. The molecule has 0 unspecified atom stereocenters. The van der Waals surface area contributed by atoms with Crippen molar-refractivity contribution in [2.75, 3.05) is 0 Å². The third kappa shape index (κ3) is 3.78. The van der Waals surface area contributed by atoms with Crippen molar-refractivity contribution in [3.8, 4) is 0 Å². The Morgan fingerprint density at radius 2 is 1.86 bits per heavy atom. The summed E-state index contributed by atoms with van der Waals surface area (Å²) in [5.74, 6) is 0. The maximum Gasteiger partial charge on any atom is -0.0231 e. The molecular formula is C14H20. The highest BCUT2D eigenvalue weighted by Crippen LogP contribution is 2.14. The van der Waals surface area contributed by atoms with E-state index in [0.717, 1.165) is 0 Å². The summed E-state index contributed by atoms with van der Waals surface area (Å²) in [4.78, 5) is 0. The van der Waals surface area contributed by atoms with E-state index in [4.69, 9.17) is 0 Å². The largest absolute Gasteiger partial charge is 0.0810 e. The van der Waals surface area contributed by atoms with Crippen molar-refractivity contribution in [1.82, 2.24) is 0 Å². The van der Waals surface area contributed by atoms with Crippen LogP contribution in [-0.2, 0) is 0 Å². The first-order chi connectivity index (χ1) is 6.84. The number of benzene rings is 1. The van der Waals surface area contributed by atoms with Gasteiger partial charge in [-0.1, -0.05) is 56.2 Å². The van der Waals surface area contributed by atoms with Crippen LogP contribution >= 0.6 is 0 Å². The predicted octanol–water partition coefficient (Wildman–Crippen LogP) is 4.67. The zero-order chi connectivity index (χ0) is 10.2. The smallest absolute Gasteiger partial charge is 0.0231 e. The molecule has 0 aliphatic carbocycles. The molecule has 0 atom stereocenters. The van der Waals surface area contributed by atoms with Gasteiger partial charge < -0.3 is 0 Å². The Hall–Kier alpha value is -1.04. The van der Waals surface area contributed by atoms with Crippen molar-refractivity contribution in [3.63, 3.8) is 0 Å². The molecule has 1 aromatic carbocycles. The lowest BCUT2D eigenvalue weighted by Gasteiger charge is -2.00. The van der Waals surface area contributed by atoms with E-state index in [1.807, 2.05) is 0 Å². The van der Waals surface area contributed by atoms with Gasteiger partial charge in [-0.2, -0.15) is 0 Å². The predicted molar refractivity (Wildman–Crippen MR) is 64.2 cm³/mol. The molecule has 0 aliphatic heterocycles. The fraction of sp³-hybridized carbons (Fsp3) is 0.429. The number of rotatable bonds is 5. The second kappa shape index (κ2) is 6.42. The first-order valence-electron chi connectivity index (χ1n) is 5.56. The summed E-state index contributed by atoms with van der Waals surface area (Å²) < 4.78 is 0. The van der Waals surface area contributed by atoms with Crippen molar-refractivity contribution < 1.29 is 0 Å². The van der Waals surface area contributed by atoms with Crippen LogP contribution in [0.1, 0.15) is 45.1 Å². The van der Waals surface area contributed by atoms with Crippen molar-refractivity contribution in [3.05, 3.63) is 42.0 Å². The van der Waals surface area contributed by atoms with E-state index in [1.54, 1.807) is 0 Å². The van der Waals surface area contributed by atoms with Gasteiger partial charge in [0.15, 0.2) is 0 Å². The zero-order valence-electron chi connectivity index (χ0n) is 9.29. The van der Waals surface area contributed by atoms with E-state index in [1.165, 1.54) is 36.8 Å². The Labute approximate surface area is 87.7 Å². The second-order valence-corrected chi connectivity index (χ2v) is 3.75. The van der Waals surface area contributed by atoms with Crippen LogP contribution in [0.3, 0.4) is 0 Å². The lowest BCUT2D eigenvalue weighted by molar-refractivity contribution is 0.729. The van der Waals surface area contributed by atoms with E-state index in [-0.39, 0.29) is 0 Å². The van der Waals surface area contributed by atoms with Gasteiger partial charge in [-0.25, -0.2) is 0 Å². The quantitative estimate of drug-likeness (QED) is 0.589. The van der Waals surface area contributed by atoms with Gasteiger partial charge in [-0.15, -0.1) is 0 Å². The van der Waals surface area contributed by atoms with Crippen LogP contribution in [-0.4, -0.2) is 0 Å². The highest BCUT2D eigenvalue weighted by atomic mass is 14.0. The Balaban J connectivity index is 2.44. The average molecular weight is 188 g/mol. The molecule has 0 saturated heterocycles. The molecule has 0 aromatic heterocycles. The summed E-state index contributed by atoms with van der Waals surface area (Å²) in [7, 11) is 0. The minimum atomic E-state index is 1.22. The number of hydrogen-bond acceptors (Lipinski definition) is 0. The molecule has 0 radical (unpaired) electrons. The number of hydrogen-bond donors (Lipinski definition) is 0. The summed E-state index contributed by atoms with van der Waals surface area (Å²) in [5.41, 5.74) is 2.76. The van der Waals surface area contributed by atoms with Crippen molar-refractivity contribution in [1.29, 1.82) is 0 Å². The molecule has 0 nitrogen and oxygen atoms in total. The third-order valence-electron chi connectivity index (χ3n) is 2.49.